The van der Waals surface area contributed by atoms with E-state index in [9.17, 15) is 9.59 Å². The van der Waals surface area contributed by atoms with E-state index in [0.29, 0.717) is 17.7 Å². The third-order valence-electron chi connectivity index (χ3n) is 5.92. The number of anilines is 1. The molecule has 1 aliphatic heterocycles. The second-order valence-corrected chi connectivity index (χ2v) is 11.0. The van der Waals surface area contributed by atoms with Gasteiger partial charge < -0.3 is 19.1 Å². The minimum absolute atomic E-state index is 0.0135. The van der Waals surface area contributed by atoms with Crippen molar-refractivity contribution in [2.45, 2.75) is 72.4 Å². The molecule has 2 unspecified atom stereocenters. The Kier molecular flexibility index (Phi) is 10.3. The molecule has 2 heterocycles. The standard InChI is InChI=1S/C26H36N5O5P/c1-17(2)31(18(3)4)37(35-14-10-13-27)36-22-20(6)16-34-25(22)30-15-19(5)23(29-26(30)33)28-24(32)21-11-8-7-9-12-21/h7-9,11-12,15,17-18,20,22,25H,10,14,16H2,1-6H3,(H,28,29,32,33)/t20?,22-,25+,37?/m0/s1. The molecule has 200 valence electrons. The first-order valence-electron chi connectivity index (χ1n) is 12.5. The molecule has 10 nitrogen and oxygen atoms in total. The van der Waals surface area contributed by atoms with Gasteiger partial charge in [0, 0.05) is 35.3 Å². The fourth-order valence-corrected chi connectivity index (χ4v) is 5.98. The Morgan fingerprint density at radius 3 is 2.59 bits per heavy atom. The summed E-state index contributed by atoms with van der Waals surface area (Å²) in [6.07, 6.45) is 0.705. The van der Waals surface area contributed by atoms with Gasteiger partial charge in [0.1, 0.15) is 11.9 Å². The summed E-state index contributed by atoms with van der Waals surface area (Å²) in [6.45, 7) is 12.7. The predicted molar refractivity (Wildman–Crippen MR) is 142 cm³/mol. The molecular weight excluding hydrogens is 493 g/mol. The molecule has 2 aromatic rings. The molecule has 1 aliphatic rings. The summed E-state index contributed by atoms with van der Waals surface area (Å²) >= 11 is 0. The molecule has 1 saturated heterocycles. The number of nitrogens with one attached hydrogen (secondary N) is 1. The van der Waals surface area contributed by atoms with Crippen LogP contribution in [0.3, 0.4) is 0 Å². The van der Waals surface area contributed by atoms with Crippen molar-refractivity contribution in [3.63, 3.8) is 0 Å². The van der Waals surface area contributed by atoms with E-state index in [2.05, 4.69) is 48.7 Å². The van der Waals surface area contributed by atoms with Gasteiger partial charge in [-0.05, 0) is 46.8 Å². The van der Waals surface area contributed by atoms with Crippen LogP contribution in [0, 0.1) is 24.2 Å². The first-order chi connectivity index (χ1) is 17.6. The van der Waals surface area contributed by atoms with Crippen LogP contribution in [0.15, 0.2) is 41.3 Å². The molecule has 0 aliphatic carbocycles. The molecule has 1 aromatic heterocycles. The minimum Gasteiger partial charge on any atom is -0.355 e. The number of hydrogen-bond acceptors (Lipinski definition) is 8. The van der Waals surface area contributed by atoms with Gasteiger partial charge in [0.15, 0.2) is 6.23 Å². The van der Waals surface area contributed by atoms with Crippen molar-refractivity contribution in [2.24, 2.45) is 5.92 Å². The monoisotopic (exact) mass is 529 g/mol. The van der Waals surface area contributed by atoms with Crippen molar-refractivity contribution in [2.75, 3.05) is 18.5 Å². The van der Waals surface area contributed by atoms with Gasteiger partial charge in [0.05, 0.1) is 25.7 Å². The summed E-state index contributed by atoms with van der Waals surface area (Å²) in [5.74, 6) is -0.158. The van der Waals surface area contributed by atoms with Crippen LogP contribution in [-0.2, 0) is 13.8 Å². The molecule has 1 N–H and O–H groups in total. The Morgan fingerprint density at radius 2 is 1.97 bits per heavy atom. The second kappa shape index (κ2) is 13.2. The normalized spacial score (nSPS) is 20.4. The van der Waals surface area contributed by atoms with Crippen molar-refractivity contribution in [1.29, 1.82) is 5.26 Å². The number of amides is 1. The lowest BCUT2D eigenvalue weighted by Crippen LogP contribution is -2.38. The predicted octanol–water partition coefficient (Wildman–Crippen LogP) is 4.63. The van der Waals surface area contributed by atoms with Gasteiger partial charge in [0.2, 0.25) is 0 Å². The van der Waals surface area contributed by atoms with Gasteiger partial charge in [-0.25, -0.2) is 9.46 Å². The highest BCUT2D eigenvalue weighted by molar-refractivity contribution is 7.44. The highest BCUT2D eigenvalue weighted by Gasteiger charge is 2.42. The summed E-state index contributed by atoms with van der Waals surface area (Å²) in [4.78, 5) is 29.8. The van der Waals surface area contributed by atoms with Crippen LogP contribution in [0.25, 0.3) is 0 Å². The molecule has 37 heavy (non-hydrogen) atoms. The molecule has 0 spiro atoms. The van der Waals surface area contributed by atoms with Crippen molar-refractivity contribution < 1.29 is 18.6 Å². The number of ether oxygens (including phenoxy) is 1. The topological polar surface area (TPSA) is 119 Å². The molecular formula is C26H36N5O5P. The van der Waals surface area contributed by atoms with Gasteiger partial charge in [0.25, 0.3) is 14.4 Å². The van der Waals surface area contributed by atoms with Gasteiger partial charge in [-0.15, -0.1) is 0 Å². The Bertz CT molecular complexity index is 1140. The van der Waals surface area contributed by atoms with E-state index < -0.39 is 26.5 Å². The zero-order chi connectivity index (χ0) is 27.1. The first kappa shape index (κ1) is 28.9. The molecule has 0 bridgehead atoms. The van der Waals surface area contributed by atoms with E-state index in [1.54, 1.807) is 37.4 Å². The van der Waals surface area contributed by atoms with Crippen LogP contribution in [-0.4, -0.2) is 51.5 Å². The largest absolute Gasteiger partial charge is 0.355 e. The van der Waals surface area contributed by atoms with Crippen molar-refractivity contribution >= 4 is 20.3 Å². The maximum Gasteiger partial charge on any atom is 0.351 e. The minimum atomic E-state index is -1.52. The van der Waals surface area contributed by atoms with Gasteiger partial charge >= 0.3 is 5.69 Å². The SMILES string of the molecule is Cc1cn([C@@H]2OCC(C)[C@@H]2OP(OCCC#N)N(C(C)C)C(C)C)c(=O)nc1NC(=O)c1ccccc1. The lowest BCUT2D eigenvalue weighted by molar-refractivity contribution is -0.00985. The van der Waals surface area contributed by atoms with Crippen LogP contribution in [0.2, 0.25) is 0 Å². The number of nitrogens with zero attached hydrogens (tertiary/aromatic N) is 4. The number of rotatable bonds is 11. The van der Waals surface area contributed by atoms with E-state index >= 15 is 0 Å². The Labute approximate surface area is 219 Å². The Hall–Kier alpha value is -2.67. The fourth-order valence-electron chi connectivity index (χ4n) is 4.16. The zero-order valence-corrected chi connectivity index (χ0v) is 23.1. The summed E-state index contributed by atoms with van der Waals surface area (Å²) in [5, 5.41) is 11.7. The number of carbonyl (C=O) groups is 1. The summed E-state index contributed by atoms with van der Waals surface area (Å²) < 4.78 is 22.2. The highest BCUT2D eigenvalue weighted by Crippen LogP contribution is 2.50. The number of hydrogen-bond donors (Lipinski definition) is 1. The maximum atomic E-state index is 13.1. The van der Waals surface area contributed by atoms with Gasteiger partial charge in [-0.2, -0.15) is 10.2 Å². The van der Waals surface area contributed by atoms with Crippen LogP contribution in [0.4, 0.5) is 5.82 Å². The fraction of sp³-hybridized carbons (Fsp3) is 0.538. The lowest BCUT2D eigenvalue weighted by Gasteiger charge is -2.38. The van der Waals surface area contributed by atoms with Crippen molar-refractivity contribution in [1.82, 2.24) is 14.2 Å². The van der Waals surface area contributed by atoms with E-state index in [1.807, 2.05) is 13.0 Å². The first-order valence-corrected chi connectivity index (χ1v) is 13.6. The molecule has 1 amide bonds. The number of aromatic nitrogens is 2. The second-order valence-electron chi connectivity index (χ2n) is 9.60. The van der Waals surface area contributed by atoms with Crippen LogP contribution < -0.4 is 11.0 Å². The summed E-state index contributed by atoms with van der Waals surface area (Å²) in [5.41, 5.74) is 0.532. The molecule has 1 fully saturated rings. The average Bonchev–Trinajstić information content (AvgIpc) is 3.21. The van der Waals surface area contributed by atoms with Gasteiger partial charge in [-0.3, -0.25) is 9.36 Å². The number of carbonyl (C=O) groups excluding carboxylic acids is 1. The molecule has 1 aromatic carbocycles. The summed E-state index contributed by atoms with van der Waals surface area (Å²) in [7, 11) is -1.52. The van der Waals surface area contributed by atoms with Crippen molar-refractivity contribution in [3.05, 3.63) is 58.1 Å². The third-order valence-corrected chi connectivity index (χ3v) is 8.05. The lowest BCUT2D eigenvalue weighted by atomic mass is 10.1. The highest BCUT2D eigenvalue weighted by atomic mass is 31.2. The number of nitriles is 1. The number of aryl methyl sites for hydroxylation is 1. The molecule has 11 heteroatoms. The van der Waals surface area contributed by atoms with Crippen LogP contribution >= 0.6 is 8.53 Å². The van der Waals surface area contributed by atoms with E-state index in [-0.39, 0.29) is 42.8 Å². The number of benzene rings is 1. The van der Waals surface area contributed by atoms with E-state index in [1.165, 1.54) is 4.57 Å². The van der Waals surface area contributed by atoms with Gasteiger partial charge in [-0.1, -0.05) is 25.1 Å². The smallest absolute Gasteiger partial charge is 0.351 e. The Morgan fingerprint density at radius 1 is 1.30 bits per heavy atom. The Balaban J connectivity index is 1.85. The third kappa shape index (κ3) is 7.22. The zero-order valence-electron chi connectivity index (χ0n) is 22.2. The van der Waals surface area contributed by atoms with E-state index in [0.717, 1.165) is 0 Å². The molecule has 0 saturated carbocycles. The van der Waals surface area contributed by atoms with Crippen LogP contribution in [0.5, 0.6) is 0 Å². The van der Waals surface area contributed by atoms with E-state index in [4.69, 9.17) is 19.0 Å². The molecule has 0 radical (unpaired) electrons. The van der Waals surface area contributed by atoms with Crippen LogP contribution in [0.1, 0.15) is 63.2 Å². The average molecular weight is 530 g/mol. The molecule has 3 rings (SSSR count). The van der Waals surface area contributed by atoms with Crippen molar-refractivity contribution in [3.8, 4) is 6.07 Å². The molecule has 4 atom stereocenters. The quantitative estimate of drug-likeness (QED) is 0.331. The maximum absolute atomic E-state index is 13.1. The summed E-state index contributed by atoms with van der Waals surface area (Å²) in [6, 6.07) is 11.1.